The number of nitrogens with zero attached hydrogens (tertiary/aromatic N) is 1. The van der Waals surface area contributed by atoms with Crippen LogP contribution in [0, 0.1) is 0 Å². The van der Waals surface area contributed by atoms with Gasteiger partial charge >= 0.3 is 0 Å². The van der Waals surface area contributed by atoms with E-state index in [0.717, 1.165) is 5.56 Å². The summed E-state index contributed by atoms with van der Waals surface area (Å²) >= 11 is 5.24. The first kappa shape index (κ1) is 15.4. The Morgan fingerprint density at radius 2 is 1.95 bits per heavy atom. The Hall–Kier alpha value is -1.62. The second-order valence-corrected chi connectivity index (χ2v) is 5.11. The first-order chi connectivity index (χ1) is 8.99. The third-order valence-corrected chi connectivity index (χ3v) is 2.92. The molecule has 0 bridgehead atoms. The van der Waals surface area contributed by atoms with Crippen molar-refractivity contribution in [1.82, 2.24) is 15.5 Å². The molecule has 1 aromatic rings. The molecule has 104 valence electrons. The molecular formula is C14H21N3OS. The molecule has 0 aromatic heterocycles. The van der Waals surface area contributed by atoms with Crippen LogP contribution in [0.15, 0.2) is 30.3 Å². The molecule has 0 aliphatic carbocycles. The second-order valence-electron chi connectivity index (χ2n) is 4.72. The molecule has 0 radical (unpaired) electrons. The summed E-state index contributed by atoms with van der Waals surface area (Å²) in [5, 5.41) is 6.54. The number of rotatable bonds is 5. The van der Waals surface area contributed by atoms with E-state index in [0.29, 0.717) is 11.7 Å². The fourth-order valence-corrected chi connectivity index (χ4v) is 1.70. The number of hydrogen-bond acceptors (Lipinski definition) is 2. The van der Waals surface area contributed by atoms with Crippen LogP contribution in [-0.2, 0) is 11.3 Å². The number of nitrogens with one attached hydrogen (secondary N) is 2. The Labute approximate surface area is 120 Å². The summed E-state index contributed by atoms with van der Waals surface area (Å²) < 4.78 is 0. The highest BCUT2D eigenvalue weighted by Gasteiger charge is 2.10. The highest BCUT2D eigenvalue weighted by molar-refractivity contribution is 7.80. The molecule has 0 saturated carbocycles. The molecule has 2 N–H and O–H groups in total. The van der Waals surface area contributed by atoms with Crippen LogP contribution in [-0.4, -0.2) is 35.6 Å². The molecule has 1 amide bonds. The van der Waals surface area contributed by atoms with E-state index in [1.165, 1.54) is 0 Å². The van der Waals surface area contributed by atoms with Crippen LogP contribution >= 0.6 is 12.2 Å². The zero-order valence-electron chi connectivity index (χ0n) is 11.6. The molecule has 0 saturated heterocycles. The topological polar surface area (TPSA) is 44.4 Å². The summed E-state index contributed by atoms with van der Waals surface area (Å²) in [6.07, 6.45) is 0. The van der Waals surface area contributed by atoms with Crippen molar-refractivity contribution in [3.8, 4) is 0 Å². The Morgan fingerprint density at radius 3 is 2.53 bits per heavy atom. The third kappa shape index (κ3) is 6.20. The van der Waals surface area contributed by atoms with E-state index in [-0.39, 0.29) is 18.5 Å². The molecule has 0 unspecified atom stereocenters. The van der Waals surface area contributed by atoms with Crippen LogP contribution < -0.4 is 10.6 Å². The van der Waals surface area contributed by atoms with Crippen molar-refractivity contribution in [2.75, 3.05) is 13.6 Å². The number of thiocarbonyl (C=S) groups is 1. The van der Waals surface area contributed by atoms with Gasteiger partial charge in [0.15, 0.2) is 5.11 Å². The zero-order chi connectivity index (χ0) is 14.3. The lowest BCUT2D eigenvalue weighted by molar-refractivity contribution is -0.121. The molecule has 0 aliphatic rings. The van der Waals surface area contributed by atoms with Crippen LogP contribution in [0.5, 0.6) is 0 Å². The van der Waals surface area contributed by atoms with Gasteiger partial charge in [-0.15, -0.1) is 0 Å². The second kappa shape index (κ2) is 7.74. The van der Waals surface area contributed by atoms with Crippen molar-refractivity contribution in [3.05, 3.63) is 35.9 Å². The maximum atomic E-state index is 11.6. The van der Waals surface area contributed by atoms with Gasteiger partial charge in [-0.1, -0.05) is 30.3 Å². The standard InChI is InChI=1S/C14H21N3OS/c1-11(2)16-13(18)10-17(3)14(19)15-9-12-7-5-4-6-8-12/h4-8,11H,9-10H2,1-3H3,(H,15,19)(H,16,18). The Kier molecular flexibility index (Phi) is 6.29. The van der Waals surface area contributed by atoms with Gasteiger partial charge in [0, 0.05) is 19.6 Å². The highest BCUT2D eigenvalue weighted by Crippen LogP contribution is 1.98. The molecule has 1 aromatic carbocycles. The van der Waals surface area contributed by atoms with Crippen LogP contribution in [0.3, 0.4) is 0 Å². The van der Waals surface area contributed by atoms with Crippen molar-refractivity contribution in [2.24, 2.45) is 0 Å². The van der Waals surface area contributed by atoms with Gasteiger partial charge in [0.05, 0.1) is 6.54 Å². The number of hydrogen-bond donors (Lipinski definition) is 2. The van der Waals surface area contributed by atoms with E-state index in [2.05, 4.69) is 10.6 Å². The average Bonchev–Trinajstić information content (AvgIpc) is 2.36. The molecular weight excluding hydrogens is 258 g/mol. The van der Waals surface area contributed by atoms with Crippen LogP contribution in [0.25, 0.3) is 0 Å². The summed E-state index contributed by atoms with van der Waals surface area (Å²) in [5.41, 5.74) is 1.16. The quantitative estimate of drug-likeness (QED) is 0.802. The Bertz CT molecular complexity index is 420. The van der Waals surface area contributed by atoms with Crippen molar-refractivity contribution in [3.63, 3.8) is 0 Å². The summed E-state index contributed by atoms with van der Waals surface area (Å²) in [4.78, 5) is 13.3. The van der Waals surface area contributed by atoms with Crippen molar-refractivity contribution < 1.29 is 4.79 Å². The van der Waals surface area contributed by atoms with Gasteiger partial charge in [-0.2, -0.15) is 0 Å². The molecule has 0 fully saturated rings. The van der Waals surface area contributed by atoms with Gasteiger partial charge in [0.25, 0.3) is 0 Å². The fourth-order valence-electron chi connectivity index (χ4n) is 1.56. The number of amides is 1. The first-order valence-corrected chi connectivity index (χ1v) is 6.72. The van der Waals surface area contributed by atoms with E-state index in [9.17, 15) is 4.79 Å². The summed E-state index contributed by atoms with van der Waals surface area (Å²) in [6.45, 7) is 4.79. The van der Waals surface area contributed by atoms with Gasteiger partial charge in [-0.3, -0.25) is 4.79 Å². The van der Waals surface area contributed by atoms with Crippen LogP contribution in [0.1, 0.15) is 19.4 Å². The van der Waals surface area contributed by atoms with Gasteiger partial charge in [-0.05, 0) is 31.6 Å². The lowest BCUT2D eigenvalue weighted by Crippen LogP contribution is -2.44. The summed E-state index contributed by atoms with van der Waals surface area (Å²) in [5.74, 6) is -0.0265. The molecule has 0 aliphatic heterocycles. The summed E-state index contributed by atoms with van der Waals surface area (Å²) in [6, 6.07) is 10.2. The molecule has 4 nitrogen and oxygen atoms in total. The van der Waals surface area contributed by atoms with Crippen molar-refractivity contribution in [1.29, 1.82) is 0 Å². The highest BCUT2D eigenvalue weighted by atomic mass is 32.1. The minimum Gasteiger partial charge on any atom is -0.358 e. The van der Waals surface area contributed by atoms with Gasteiger partial charge in [0.2, 0.25) is 5.91 Å². The van der Waals surface area contributed by atoms with Gasteiger partial charge in [-0.25, -0.2) is 0 Å². The minimum atomic E-state index is -0.0265. The normalized spacial score (nSPS) is 10.1. The predicted molar refractivity (Wildman–Crippen MR) is 81.8 cm³/mol. The smallest absolute Gasteiger partial charge is 0.239 e. The van der Waals surface area contributed by atoms with Gasteiger partial charge < -0.3 is 15.5 Å². The molecule has 0 heterocycles. The molecule has 19 heavy (non-hydrogen) atoms. The predicted octanol–water partition coefficient (Wildman–Crippen LogP) is 1.52. The zero-order valence-corrected chi connectivity index (χ0v) is 12.5. The molecule has 5 heteroatoms. The van der Waals surface area contributed by atoms with Crippen molar-refractivity contribution >= 4 is 23.2 Å². The fraction of sp³-hybridized carbons (Fsp3) is 0.429. The minimum absolute atomic E-state index is 0.0265. The maximum absolute atomic E-state index is 11.6. The molecule has 0 atom stereocenters. The van der Waals surface area contributed by atoms with E-state index in [4.69, 9.17) is 12.2 Å². The Balaban J connectivity index is 2.35. The van der Waals surface area contributed by atoms with E-state index in [1.807, 2.05) is 44.2 Å². The number of benzene rings is 1. The van der Waals surface area contributed by atoms with Crippen LogP contribution in [0.2, 0.25) is 0 Å². The lowest BCUT2D eigenvalue weighted by Gasteiger charge is -2.21. The third-order valence-electron chi connectivity index (χ3n) is 2.46. The first-order valence-electron chi connectivity index (χ1n) is 6.31. The van der Waals surface area contributed by atoms with Crippen LogP contribution in [0.4, 0.5) is 0 Å². The lowest BCUT2D eigenvalue weighted by atomic mass is 10.2. The summed E-state index contributed by atoms with van der Waals surface area (Å²) in [7, 11) is 1.81. The average molecular weight is 279 g/mol. The van der Waals surface area contributed by atoms with E-state index < -0.39 is 0 Å². The monoisotopic (exact) mass is 279 g/mol. The number of carbonyl (C=O) groups excluding carboxylic acids is 1. The largest absolute Gasteiger partial charge is 0.358 e. The number of likely N-dealkylation sites (N-methyl/N-ethyl adjacent to an activating group) is 1. The molecule has 0 spiro atoms. The maximum Gasteiger partial charge on any atom is 0.239 e. The molecule has 1 rings (SSSR count). The van der Waals surface area contributed by atoms with Gasteiger partial charge in [0.1, 0.15) is 0 Å². The van der Waals surface area contributed by atoms with E-state index in [1.54, 1.807) is 11.9 Å². The van der Waals surface area contributed by atoms with E-state index >= 15 is 0 Å². The number of carbonyl (C=O) groups is 1. The van der Waals surface area contributed by atoms with Crippen molar-refractivity contribution in [2.45, 2.75) is 26.4 Å². The SMILES string of the molecule is CC(C)NC(=O)CN(C)C(=S)NCc1ccccc1. The Morgan fingerprint density at radius 1 is 1.32 bits per heavy atom.